The molecule has 1 rings (SSSR count). The summed E-state index contributed by atoms with van der Waals surface area (Å²) in [6, 6.07) is 3.87. The minimum atomic E-state index is 0.152. The summed E-state index contributed by atoms with van der Waals surface area (Å²) in [5.41, 5.74) is 5.43. The molecule has 0 saturated carbocycles. The lowest BCUT2D eigenvalue weighted by Gasteiger charge is -2.15. The predicted octanol–water partition coefficient (Wildman–Crippen LogP) is 6.35. The third-order valence-corrected chi connectivity index (χ3v) is 4.07. The minimum Gasteiger partial charge on any atom is -0.496 e. The molecule has 0 unspecified atom stereocenters. The molecule has 0 aromatic heterocycles. The van der Waals surface area contributed by atoms with Crippen LogP contribution in [0.5, 0.6) is 11.5 Å². The van der Waals surface area contributed by atoms with Crippen molar-refractivity contribution < 1.29 is 19.0 Å². The zero-order chi connectivity index (χ0) is 21.6. The summed E-state index contributed by atoms with van der Waals surface area (Å²) < 4.78 is 17.3. The number of halogens is 4. The molecule has 0 spiro atoms. The Hall–Kier alpha value is -1.24. The highest BCUT2D eigenvalue weighted by atomic mass is 35.5. The zero-order valence-electron chi connectivity index (χ0n) is 16.6. The van der Waals surface area contributed by atoms with Gasteiger partial charge in [0.15, 0.2) is 0 Å². The highest BCUT2D eigenvalue weighted by molar-refractivity contribution is 6.56. The zero-order valence-corrected chi connectivity index (χ0v) is 19.6. The van der Waals surface area contributed by atoms with Gasteiger partial charge in [0.1, 0.15) is 46.6 Å². The number of hydroxylamine groups is 1. The van der Waals surface area contributed by atoms with Crippen molar-refractivity contribution >= 4 is 46.4 Å². The van der Waals surface area contributed by atoms with E-state index in [1.165, 1.54) is 6.08 Å². The minimum absolute atomic E-state index is 0.152. The van der Waals surface area contributed by atoms with Gasteiger partial charge in [0.05, 0.1) is 12.3 Å². The second kappa shape index (κ2) is 14.7. The molecule has 0 fully saturated rings. The van der Waals surface area contributed by atoms with Crippen molar-refractivity contribution in [3.05, 3.63) is 56.4 Å². The molecule has 0 aliphatic heterocycles. The fourth-order valence-electron chi connectivity index (χ4n) is 2.22. The molecule has 1 aromatic carbocycles. The van der Waals surface area contributed by atoms with Crippen LogP contribution in [0.3, 0.4) is 0 Å². The largest absolute Gasteiger partial charge is 0.496 e. The summed E-state index contributed by atoms with van der Waals surface area (Å²) in [7, 11) is 0. The van der Waals surface area contributed by atoms with Crippen LogP contribution < -0.4 is 15.0 Å². The number of nitrogens with one attached hydrogen (secondary N) is 1. The van der Waals surface area contributed by atoms with Gasteiger partial charge in [0, 0.05) is 0 Å². The van der Waals surface area contributed by atoms with Crippen molar-refractivity contribution in [2.75, 3.05) is 26.4 Å². The van der Waals surface area contributed by atoms with Gasteiger partial charge in [-0.1, -0.05) is 53.3 Å². The first-order valence-electron chi connectivity index (χ1n) is 8.91. The molecular weight excluding hydrogens is 460 g/mol. The number of rotatable bonds is 13. The molecule has 1 aromatic rings. The van der Waals surface area contributed by atoms with Gasteiger partial charge in [-0.25, -0.2) is 0 Å². The molecule has 0 bridgehead atoms. The van der Waals surface area contributed by atoms with Crippen molar-refractivity contribution in [3.63, 3.8) is 0 Å². The van der Waals surface area contributed by atoms with Crippen LogP contribution in [0, 0.1) is 6.92 Å². The molecule has 29 heavy (non-hydrogen) atoms. The summed E-state index contributed by atoms with van der Waals surface area (Å²) in [5.74, 6) is 1.57. The van der Waals surface area contributed by atoms with E-state index in [0.29, 0.717) is 25.5 Å². The number of benzene rings is 1. The molecule has 0 heterocycles. The number of aryl methyl sites for hydroxylation is 2. The molecule has 0 aliphatic rings. The first kappa shape index (κ1) is 25.8. The van der Waals surface area contributed by atoms with E-state index in [9.17, 15) is 0 Å². The number of hydrogen-bond donors (Lipinski definition) is 1. The summed E-state index contributed by atoms with van der Waals surface area (Å²) >= 11 is 22.2. The Morgan fingerprint density at radius 1 is 1.00 bits per heavy atom. The van der Waals surface area contributed by atoms with Crippen LogP contribution in [0.4, 0.5) is 0 Å². The Balaban J connectivity index is 2.48. The highest BCUT2D eigenvalue weighted by Gasteiger charge is 2.09. The maximum atomic E-state index is 5.91. The monoisotopic (exact) mass is 483 g/mol. The predicted molar refractivity (Wildman–Crippen MR) is 120 cm³/mol. The first-order chi connectivity index (χ1) is 13.8. The van der Waals surface area contributed by atoms with E-state index in [1.54, 1.807) is 19.3 Å². The summed E-state index contributed by atoms with van der Waals surface area (Å²) in [5, 5.41) is 0. The quantitative estimate of drug-likeness (QED) is 0.201. The van der Waals surface area contributed by atoms with E-state index in [2.05, 4.69) is 12.4 Å². The van der Waals surface area contributed by atoms with Gasteiger partial charge < -0.3 is 14.2 Å². The first-order valence-corrected chi connectivity index (χ1v) is 10.4. The van der Waals surface area contributed by atoms with Crippen LogP contribution in [-0.4, -0.2) is 26.4 Å². The van der Waals surface area contributed by atoms with E-state index in [4.69, 9.17) is 65.5 Å². The van der Waals surface area contributed by atoms with Crippen molar-refractivity contribution in [1.29, 1.82) is 0 Å². The van der Waals surface area contributed by atoms with Crippen LogP contribution in [0.15, 0.2) is 45.2 Å². The summed E-state index contributed by atoms with van der Waals surface area (Å²) in [6.45, 7) is 7.15. The van der Waals surface area contributed by atoms with Crippen LogP contribution in [0.1, 0.15) is 25.0 Å². The van der Waals surface area contributed by atoms with Gasteiger partial charge >= 0.3 is 0 Å². The van der Waals surface area contributed by atoms with Gasteiger partial charge in [-0.05, 0) is 55.7 Å². The van der Waals surface area contributed by atoms with Gasteiger partial charge in [0.25, 0.3) is 0 Å². The van der Waals surface area contributed by atoms with Crippen molar-refractivity contribution in [3.8, 4) is 11.5 Å². The van der Waals surface area contributed by atoms with Crippen LogP contribution in [0.2, 0.25) is 0 Å². The topological polar surface area (TPSA) is 49.0 Å². The molecule has 0 amide bonds. The molecule has 162 valence electrons. The van der Waals surface area contributed by atoms with E-state index in [-0.39, 0.29) is 15.6 Å². The Labute approximate surface area is 192 Å². The van der Waals surface area contributed by atoms with E-state index >= 15 is 0 Å². The summed E-state index contributed by atoms with van der Waals surface area (Å²) in [4.78, 5) is 5.13. The fourth-order valence-corrected chi connectivity index (χ4v) is 2.48. The van der Waals surface area contributed by atoms with Crippen molar-refractivity contribution in [2.45, 2.75) is 27.2 Å². The van der Waals surface area contributed by atoms with E-state index in [1.807, 2.05) is 19.1 Å². The van der Waals surface area contributed by atoms with E-state index in [0.717, 1.165) is 29.0 Å². The second-order valence-corrected chi connectivity index (χ2v) is 7.83. The fraction of sp³-hybridized carbons (Fsp3) is 0.400. The van der Waals surface area contributed by atoms with Gasteiger partial charge in [-0.2, -0.15) is 0 Å². The second-order valence-electron chi connectivity index (χ2n) is 5.81. The lowest BCUT2D eigenvalue weighted by Crippen LogP contribution is -2.13. The molecule has 0 atom stereocenters. The van der Waals surface area contributed by atoms with Gasteiger partial charge in [-0.3, -0.25) is 10.3 Å². The molecular formula is C20H25Cl4NO4. The van der Waals surface area contributed by atoms with Crippen molar-refractivity contribution in [1.82, 2.24) is 5.48 Å². The summed E-state index contributed by atoms with van der Waals surface area (Å²) in [6.07, 6.45) is 5.47. The Morgan fingerprint density at radius 3 is 2.34 bits per heavy atom. The van der Waals surface area contributed by atoms with Crippen molar-refractivity contribution in [2.24, 2.45) is 0 Å². The van der Waals surface area contributed by atoms with Crippen LogP contribution >= 0.6 is 46.4 Å². The van der Waals surface area contributed by atoms with Gasteiger partial charge in [0.2, 0.25) is 0 Å². The Morgan fingerprint density at radius 2 is 1.69 bits per heavy atom. The standard InChI is InChI=1S/C20H25Cl4NO4/c1-4-16-12-17(27-7-5-18(21)22)11-14(2)20(16)28-10-9-26-13-15(3)25-29-8-6-19(23)24/h5-6,11-13,25H,4,7-10H2,1-3H3. The van der Waals surface area contributed by atoms with Crippen LogP contribution in [-0.2, 0) is 16.0 Å². The van der Waals surface area contributed by atoms with Gasteiger partial charge in [-0.15, -0.1) is 0 Å². The molecule has 1 N–H and O–H groups in total. The molecule has 0 radical (unpaired) electrons. The van der Waals surface area contributed by atoms with E-state index < -0.39 is 0 Å². The third kappa shape index (κ3) is 11.5. The Bertz CT molecular complexity index is 727. The number of hydrogen-bond acceptors (Lipinski definition) is 5. The Kier molecular flexibility index (Phi) is 13.1. The average molecular weight is 485 g/mol. The lowest BCUT2D eigenvalue weighted by molar-refractivity contribution is 0.0809. The molecule has 0 aliphatic carbocycles. The normalized spacial score (nSPS) is 10.9. The third-order valence-electron chi connectivity index (χ3n) is 3.46. The lowest BCUT2D eigenvalue weighted by atomic mass is 10.1. The smallest absolute Gasteiger partial charge is 0.125 e. The molecule has 0 saturated heterocycles. The average Bonchev–Trinajstić information content (AvgIpc) is 2.65. The highest BCUT2D eigenvalue weighted by Crippen LogP contribution is 2.29. The maximum absolute atomic E-state index is 5.91. The molecule has 5 nitrogen and oxygen atoms in total. The maximum Gasteiger partial charge on any atom is 0.125 e. The number of allylic oxidation sites excluding steroid dienone is 1. The van der Waals surface area contributed by atoms with Crippen LogP contribution in [0.25, 0.3) is 0 Å². The SMILES string of the molecule is CCc1cc(OCC=C(Cl)Cl)cc(C)c1OCCOC=C(C)NOCC=C(Cl)Cl. The number of ether oxygens (including phenoxy) is 3. The molecule has 9 heteroatoms.